The third-order valence-electron chi connectivity index (χ3n) is 4.07. The minimum Gasteiger partial charge on any atom is -0.267 e. The summed E-state index contributed by atoms with van der Waals surface area (Å²) in [6.45, 7) is 0. The molecule has 30 heavy (non-hydrogen) atoms. The molecule has 0 saturated heterocycles. The second-order valence-electron chi connectivity index (χ2n) is 6.10. The predicted molar refractivity (Wildman–Crippen MR) is 118 cm³/mol. The molecule has 0 aliphatic heterocycles. The summed E-state index contributed by atoms with van der Waals surface area (Å²) in [6, 6.07) is 21.2. The lowest BCUT2D eigenvalue weighted by Crippen LogP contribution is -2.17. The van der Waals surface area contributed by atoms with Crippen LogP contribution in [0.1, 0.15) is 15.9 Å². The van der Waals surface area contributed by atoms with E-state index in [0.717, 1.165) is 14.6 Å². The van der Waals surface area contributed by atoms with Crippen molar-refractivity contribution in [3.8, 4) is 0 Å². The summed E-state index contributed by atoms with van der Waals surface area (Å²) >= 11 is 2.74. The Morgan fingerprint density at radius 2 is 1.87 bits per heavy atom. The number of hydrogen-bond acceptors (Lipinski definition) is 7. The van der Waals surface area contributed by atoms with Gasteiger partial charge in [-0.1, -0.05) is 48.2 Å². The van der Waals surface area contributed by atoms with Crippen LogP contribution in [0.4, 0.5) is 5.69 Å². The largest absolute Gasteiger partial charge is 0.283 e. The van der Waals surface area contributed by atoms with E-state index in [1.807, 2.05) is 30.3 Å². The van der Waals surface area contributed by atoms with Crippen molar-refractivity contribution < 1.29 is 9.72 Å². The normalized spacial score (nSPS) is 11.1. The van der Waals surface area contributed by atoms with Crippen molar-refractivity contribution in [2.75, 3.05) is 0 Å². The molecule has 0 bridgehead atoms. The van der Waals surface area contributed by atoms with Crippen molar-refractivity contribution in [3.05, 3.63) is 94.0 Å². The number of fused-ring (bicyclic) bond motifs is 1. The van der Waals surface area contributed by atoms with Gasteiger partial charge in [-0.3, -0.25) is 14.9 Å². The lowest BCUT2D eigenvalue weighted by atomic mass is 10.2. The van der Waals surface area contributed by atoms with Crippen LogP contribution in [0.25, 0.3) is 10.2 Å². The van der Waals surface area contributed by atoms with Crippen LogP contribution in [-0.4, -0.2) is 22.0 Å². The smallest absolute Gasteiger partial charge is 0.267 e. The van der Waals surface area contributed by atoms with Gasteiger partial charge in [0.15, 0.2) is 4.34 Å². The monoisotopic (exact) mass is 434 g/mol. The number of aromatic nitrogens is 1. The summed E-state index contributed by atoms with van der Waals surface area (Å²) in [7, 11) is 0. The zero-order valence-electron chi connectivity index (χ0n) is 15.4. The van der Waals surface area contributed by atoms with Gasteiger partial charge in [0.1, 0.15) is 0 Å². The number of amides is 1. The van der Waals surface area contributed by atoms with Crippen LogP contribution >= 0.6 is 23.1 Å². The SMILES string of the molecule is O=C(NN=Cc1ccc(Sc2nc3ccccc3s2)c([N+](=O)[O-])c1)c1ccccc1. The summed E-state index contributed by atoms with van der Waals surface area (Å²) in [5, 5.41) is 15.5. The summed E-state index contributed by atoms with van der Waals surface area (Å²) in [6.07, 6.45) is 1.37. The lowest BCUT2D eigenvalue weighted by Gasteiger charge is -2.02. The molecule has 0 spiro atoms. The number of hydrogen-bond donors (Lipinski definition) is 1. The van der Waals surface area contributed by atoms with Crippen LogP contribution in [0.3, 0.4) is 0 Å². The number of nitro benzene ring substituents is 1. The zero-order chi connectivity index (χ0) is 20.9. The van der Waals surface area contributed by atoms with E-state index in [1.165, 1.54) is 35.4 Å². The van der Waals surface area contributed by atoms with E-state index in [1.54, 1.807) is 36.4 Å². The Kier molecular flexibility index (Phi) is 5.82. The van der Waals surface area contributed by atoms with Gasteiger partial charge in [0.25, 0.3) is 11.6 Å². The number of carbonyl (C=O) groups is 1. The molecular formula is C21H14N4O3S2. The fourth-order valence-electron chi connectivity index (χ4n) is 2.65. The molecular weight excluding hydrogens is 420 g/mol. The molecule has 3 aromatic carbocycles. The number of rotatable bonds is 6. The fraction of sp³-hybridized carbons (Fsp3) is 0. The number of para-hydroxylation sites is 1. The first-order valence-electron chi connectivity index (χ1n) is 8.80. The molecule has 1 amide bonds. The summed E-state index contributed by atoms with van der Waals surface area (Å²) in [5.74, 6) is -0.357. The number of nitrogens with one attached hydrogen (secondary N) is 1. The average Bonchev–Trinajstić information content (AvgIpc) is 3.17. The van der Waals surface area contributed by atoms with Crippen molar-refractivity contribution in [3.63, 3.8) is 0 Å². The van der Waals surface area contributed by atoms with Crippen LogP contribution in [-0.2, 0) is 0 Å². The Hall–Kier alpha value is -3.56. The van der Waals surface area contributed by atoms with E-state index in [-0.39, 0.29) is 11.6 Å². The topological polar surface area (TPSA) is 97.5 Å². The second-order valence-corrected chi connectivity index (χ2v) is 8.42. The van der Waals surface area contributed by atoms with E-state index in [2.05, 4.69) is 15.5 Å². The molecule has 4 rings (SSSR count). The number of nitrogens with zero attached hydrogens (tertiary/aromatic N) is 3. The molecule has 0 aliphatic carbocycles. The van der Waals surface area contributed by atoms with Gasteiger partial charge < -0.3 is 0 Å². The maximum atomic E-state index is 12.0. The third-order valence-corrected chi connectivity index (χ3v) is 6.23. The lowest BCUT2D eigenvalue weighted by molar-refractivity contribution is -0.387. The van der Waals surface area contributed by atoms with E-state index >= 15 is 0 Å². The van der Waals surface area contributed by atoms with Crippen LogP contribution in [0.15, 0.2) is 87.1 Å². The number of benzene rings is 3. The molecule has 0 atom stereocenters. The predicted octanol–water partition coefficient (Wildman–Crippen LogP) is 5.12. The van der Waals surface area contributed by atoms with Gasteiger partial charge in [-0.25, -0.2) is 10.4 Å². The maximum absolute atomic E-state index is 12.0. The number of nitro groups is 1. The molecule has 1 aromatic heterocycles. The standard InChI is InChI=1S/C21H14N4O3S2/c26-20(15-6-2-1-3-7-15)24-22-13-14-10-11-19(17(12-14)25(27)28)30-21-23-16-8-4-5-9-18(16)29-21/h1-13H,(H,24,26). The summed E-state index contributed by atoms with van der Waals surface area (Å²) in [5.41, 5.74) is 4.21. The van der Waals surface area contributed by atoms with Crippen molar-refractivity contribution in [1.82, 2.24) is 10.4 Å². The first-order chi connectivity index (χ1) is 14.6. The van der Waals surface area contributed by atoms with Crippen molar-refractivity contribution >= 4 is 51.1 Å². The molecule has 0 unspecified atom stereocenters. The quantitative estimate of drug-likeness (QED) is 0.258. The molecule has 1 N–H and O–H groups in total. The van der Waals surface area contributed by atoms with Crippen molar-refractivity contribution in [2.24, 2.45) is 5.10 Å². The first kappa shape index (κ1) is 19.7. The van der Waals surface area contributed by atoms with E-state index < -0.39 is 4.92 Å². The van der Waals surface area contributed by atoms with E-state index in [0.29, 0.717) is 16.0 Å². The number of thiazole rings is 1. The highest BCUT2D eigenvalue weighted by atomic mass is 32.2. The number of hydrazone groups is 1. The highest BCUT2D eigenvalue weighted by Crippen LogP contribution is 2.38. The van der Waals surface area contributed by atoms with Crippen molar-refractivity contribution in [2.45, 2.75) is 9.24 Å². The Labute approximate surface area is 179 Å². The molecule has 0 radical (unpaired) electrons. The molecule has 0 fully saturated rings. The Bertz CT molecular complexity index is 1220. The molecule has 148 valence electrons. The zero-order valence-corrected chi connectivity index (χ0v) is 17.0. The van der Waals surface area contributed by atoms with Gasteiger partial charge >= 0.3 is 0 Å². The van der Waals surface area contributed by atoms with Crippen LogP contribution in [0, 0.1) is 10.1 Å². The average molecular weight is 435 g/mol. The second kappa shape index (κ2) is 8.85. The van der Waals surface area contributed by atoms with Gasteiger partial charge in [-0.2, -0.15) is 5.10 Å². The van der Waals surface area contributed by atoms with Gasteiger partial charge in [-0.05, 0) is 30.3 Å². The molecule has 7 nitrogen and oxygen atoms in total. The summed E-state index contributed by atoms with van der Waals surface area (Å²) < 4.78 is 1.76. The third kappa shape index (κ3) is 4.53. The highest BCUT2D eigenvalue weighted by molar-refractivity contribution is 8.01. The van der Waals surface area contributed by atoms with Crippen LogP contribution < -0.4 is 5.43 Å². The van der Waals surface area contributed by atoms with Gasteiger partial charge in [0.05, 0.1) is 26.3 Å². The molecule has 4 aromatic rings. The first-order valence-corrected chi connectivity index (χ1v) is 10.4. The Morgan fingerprint density at radius 1 is 1.10 bits per heavy atom. The molecule has 0 aliphatic rings. The van der Waals surface area contributed by atoms with Gasteiger partial charge in [0.2, 0.25) is 0 Å². The van der Waals surface area contributed by atoms with Crippen LogP contribution in [0.2, 0.25) is 0 Å². The highest BCUT2D eigenvalue weighted by Gasteiger charge is 2.17. The summed E-state index contributed by atoms with van der Waals surface area (Å²) in [4.78, 5) is 28.1. The molecule has 9 heteroatoms. The molecule has 0 saturated carbocycles. The van der Waals surface area contributed by atoms with E-state index in [4.69, 9.17) is 0 Å². The number of carbonyl (C=O) groups excluding carboxylic acids is 1. The maximum Gasteiger partial charge on any atom is 0.283 e. The Morgan fingerprint density at radius 3 is 2.63 bits per heavy atom. The van der Waals surface area contributed by atoms with E-state index in [9.17, 15) is 14.9 Å². The van der Waals surface area contributed by atoms with Crippen molar-refractivity contribution in [1.29, 1.82) is 0 Å². The minimum atomic E-state index is -0.435. The van der Waals surface area contributed by atoms with Crippen LogP contribution in [0.5, 0.6) is 0 Å². The minimum absolute atomic E-state index is 0.0439. The fourth-order valence-corrected chi connectivity index (χ4v) is 4.76. The molecule has 1 heterocycles. The van der Waals surface area contributed by atoms with Gasteiger partial charge in [-0.15, -0.1) is 11.3 Å². The van der Waals surface area contributed by atoms with Gasteiger partial charge in [0, 0.05) is 17.2 Å². The Balaban J connectivity index is 1.51.